The van der Waals surface area contributed by atoms with Gasteiger partial charge in [-0.1, -0.05) is 18.0 Å². The maximum absolute atomic E-state index is 11.6. The fraction of sp³-hybridized carbons (Fsp3) is 1.00. The molecule has 0 aliphatic heterocycles. The second kappa shape index (κ2) is 4.72. The summed E-state index contributed by atoms with van der Waals surface area (Å²) in [5.74, 6) is -0.0777. The van der Waals surface area contributed by atoms with E-state index < -0.39 is 30.9 Å². The van der Waals surface area contributed by atoms with Crippen LogP contribution in [0.4, 0.5) is 0 Å². The quantitative estimate of drug-likeness (QED) is 0.684. The van der Waals surface area contributed by atoms with Gasteiger partial charge in [0.15, 0.2) is 9.84 Å². The van der Waals surface area contributed by atoms with Crippen LogP contribution in [0.15, 0.2) is 0 Å². The molecule has 0 aromatic rings. The van der Waals surface area contributed by atoms with Gasteiger partial charge < -0.3 is 4.55 Å². The van der Waals surface area contributed by atoms with E-state index in [-0.39, 0.29) is 12.2 Å². The maximum atomic E-state index is 11.6. The van der Waals surface area contributed by atoms with Crippen molar-refractivity contribution in [2.24, 2.45) is 0 Å². The van der Waals surface area contributed by atoms with Crippen LogP contribution in [0.2, 0.25) is 0 Å². The van der Waals surface area contributed by atoms with Crippen LogP contribution in [0, 0.1) is 0 Å². The topological polar surface area (TPSA) is 74.3 Å². The Labute approximate surface area is 88.3 Å². The monoisotopic (exact) mass is 241 g/mol. The zero-order valence-electron chi connectivity index (χ0n) is 8.94. The van der Waals surface area contributed by atoms with Crippen LogP contribution in [0.25, 0.3) is 0 Å². The van der Waals surface area contributed by atoms with E-state index in [2.05, 4.69) is 0 Å². The normalized spacial score (nSPS) is 17.8. The van der Waals surface area contributed by atoms with Gasteiger partial charge in [-0.2, -0.15) is 0 Å². The summed E-state index contributed by atoms with van der Waals surface area (Å²) in [5.41, 5.74) is 0. The van der Waals surface area contributed by atoms with Crippen molar-refractivity contribution in [1.82, 2.24) is 0 Å². The second-order valence-corrected chi connectivity index (χ2v) is 8.48. The lowest BCUT2D eigenvalue weighted by Crippen LogP contribution is -2.31. The molecule has 0 aromatic carbocycles. The van der Waals surface area contributed by atoms with Crippen molar-refractivity contribution in [3.8, 4) is 0 Å². The molecule has 0 aromatic heterocycles. The van der Waals surface area contributed by atoms with E-state index in [1.54, 1.807) is 20.8 Å². The summed E-state index contributed by atoms with van der Waals surface area (Å²) in [6, 6.07) is 0. The third-order valence-corrected chi connectivity index (χ3v) is 5.59. The van der Waals surface area contributed by atoms with E-state index in [9.17, 15) is 17.2 Å². The molecule has 0 bridgehead atoms. The highest BCUT2D eigenvalue weighted by Gasteiger charge is 2.28. The molecular weight excluding hydrogens is 224 g/mol. The molecule has 0 N–H and O–H groups in total. The Hall–Kier alpha value is 0.0600. The predicted octanol–water partition coefficient (Wildman–Crippen LogP) is 0.857. The van der Waals surface area contributed by atoms with Crippen LogP contribution < -0.4 is 0 Å². The zero-order chi connectivity index (χ0) is 11.6. The Morgan fingerprint density at radius 3 is 2.07 bits per heavy atom. The van der Waals surface area contributed by atoms with Gasteiger partial charge in [0.25, 0.3) is 0 Å². The van der Waals surface area contributed by atoms with Gasteiger partial charge in [-0.15, -0.1) is 0 Å². The molecule has 0 spiro atoms. The van der Waals surface area contributed by atoms with Gasteiger partial charge in [0, 0.05) is 5.25 Å². The summed E-state index contributed by atoms with van der Waals surface area (Å²) in [4.78, 5) is 0. The molecular formula is C8H17O4S2-. The molecule has 6 heteroatoms. The van der Waals surface area contributed by atoms with Gasteiger partial charge >= 0.3 is 0 Å². The first-order chi connectivity index (χ1) is 6.08. The molecule has 2 unspecified atom stereocenters. The molecule has 86 valence electrons. The van der Waals surface area contributed by atoms with Crippen molar-refractivity contribution in [2.45, 2.75) is 44.1 Å². The van der Waals surface area contributed by atoms with Crippen molar-refractivity contribution < 1.29 is 17.2 Å². The number of hydrogen-bond donors (Lipinski definition) is 0. The van der Waals surface area contributed by atoms with E-state index in [1.165, 1.54) is 6.92 Å². The summed E-state index contributed by atoms with van der Waals surface area (Å²) in [5, 5.41) is -0.605. The van der Waals surface area contributed by atoms with E-state index >= 15 is 0 Å². The average Bonchev–Trinajstić information content (AvgIpc) is 1.97. The number of hydrogen-bond acceptors (Lipinski definition) is 4. The van der Waals surface area contributed by atoms with Crippen molar-refractivity contribution >= 4 is 20.9 Å². The molecule has 0 aliphatic rings. The van der Waals surface area contributed by atoms with Crippen molar-refractivity contribution in [3.63, 3.8) is 0 Å². The van der Waals surface area contributed by atoms with Crippen molar-refractivity contribution in [1.29, 1.82) is 0 Å². The number of rotatable bonds is 4. The molecule has 4 nitrogen and oxygen atoms in total. The Balaban J connectivity index is 4.36. The Morgan fingerprint density at radius 1 is 1.36 bits per heavy atom. The first kappa shape index (κ1) is 14.1. The highest BCUT2D eigenvalue weighted by molar-refractivity contribution is 7.92. The molecule has 0 amide bonds. The van der Waals surface area contributed by atoms with E-state index in [0.29, 0.717) is 0 Å². The molecule has 0 saturated carbocycles. The second-order valence-electron chi connectivity index (χ2n) is 4.29. The van der Waals surface area contributed by atoms with E-state index in [4.69, 9.17) is 0 Å². The predicted molar refractivity (Wildman–Crippen MR) is 56.5 cm³/mol. The largest absolute Gasteiger partial charge is 0.772 e. The third-order valence-electron chi connectivity index (χ3n) is 2.05. The van der Waals surface area contributed by atoms with Gasteiger partial charge in [-0.05, 0) is 27.2 Å². The molecule has 0 radical (unpaired) electrons. The molecule has 0 aliphatic carbocycles. The van der Waals surface area contributed by atoms with Gasteiger partial charge in [0.2, 0.25) is 0 Å². The highest BCUT2D eigenvalue weighted by atomic mass is 32.2. The van der Waals surface area contributed by atoms with Crippen LogP contribution in [0.1, 0.15) is 34.1 Å². The third kappa shape index (κ3) is 4.06. The summed E-state index contributed by atoms with van der Waals surface area (Å²) in [7, 11) is -3.20. The molecule has 0 fully saturated rings. The molecule has 14 heavy (non-hydrogen) atoms. The molecule has 0 rings (SSSR count). The molecule has 0 saturated heterocycles. The van der Waals surface area contributed by atoms with E-state index in [0.717, 1.165) is 0 Å². The smallest absolute Gasteiger partial charge is 0.155 e. The van der Waals surface area contributed by atoms with Crippen LogP contribution in [-0.2, 0) is 20.9 Å². The molecule has 0 heterocycles. The molecule has 2 atom stereocenters. The summed E-state index contributed by atoms with van der Waals surface area (Å²) in [6.07, 6.45) is 0.162. The van der Waals surface area contributed by atoms with Crippen LogP contribution in [-0.4, -0.2) is 32.9 Å². The fourth-order valence-corrected chi connectivity index (χ4v) is 2.46. The summed E-state index contributed by atoms with van der Waals surface area (Å²) >= 11 is -2.19. The van der Waals surface area contributed by atoms with Crippen molar-refractivity contribution in [3.05, 3.63) is 0 Å². The first-order valence-corrected chi connectivity index (χ1v) is 7.17. The lowest BCUT2D eigenvalue weighted by atomic mass is 10.3. The summed E-state index contributed by atoms with van der Waals surface area (Å²) in [6.45, 7) is 6.34. The van der Waals surface area contributed by atoms with Gasteiger partial charge in [-0.3, -0.25) is 4.21 Å². The number of sulfone groups is 1. The highest BCUT2D eigenvalue weighted by Crippen LogP contribution is 2.17. The summed E-state index contributed by atoms with van der Waals surface area (Å²) < 4.78 is 43.3. The maximum Gasteiger partial charge on any atom is 0.155 e. The van der Waals surface area contributed by atoms with Gasteiger partial charge in [-0.25, -0.2) is 8.42 Å². The minimum absolute atomic E-state index is 0.0777. The Bertz CT molecular complexity index is 300. The Kier molecular flexibility index (Phi) is 4.74. The van der Waals surface area contributed by atoms with Crippen molar-refractivity contribution in [2.75, 3.05) is 5.75 Å². The van der Waals surface area contributed by atoms with Crippen LogP contribution >= 0.6 is 0 Å². The van der Waals surface area contributed by atoms with Gasteiger partial charge in [0.05, 0.1) is 10.5 Å². The lowest BCUT2D eigenvalue weighted by molar-refractivity contribution is 0.521. The van der Waals surface area contributed by atoms with Crippen LogP contribution in [0.3, 0.4) is 0 Å². The SMILES string of the molecule is CC(CCS(=O)(=O)C(C)(C)C)S(=O)[O-]. The lowest BCUT2D eigenvalue weighted by Gasteiger charge is -2.21. The van der Waals surface area contributed by atoms with E-state index in [1.807, 2.05) is 0 Å². The fourth-order valence-electron chi connectivity index (χ4n) is 0.724. The zero-order valence-corrected chi connectivity index (χ0v) is 10.6. The average molecular weight is 241 g/mol. The van der Waals surface area contributed by atoms with Crippen LogP contribution in [0.5, 0.6) is 0 Å². The minimum atomic E-state index is -3.20. The van der Waals surface area contributed by atoms with Gasteiger partial charge in [0.1, 0.15) is 0 Å². The first-order valence-electron chi connectivity index (χ1n) is 4.38. The Morgan fingerprint density at radius 2 is 1.79 bits per heavy atom. The standard InChI is InChI=1S/C8H18O4S2/c1-7(13(9)10)5-6-14(11,12)8(2,3)4/h7H,5-6H2,1-4H3,(H,9,10)/p-1. The minimum Gasteiger partial charge on any atom is -0.772 e.